The molecule has 0 aliphatic carbocycles. The Morgan fingerprint density at radius 3 is 1.02 bits per heavy atom. The number of aliphatic hydroxyl groups is 6. The second kappa shape index (κ2) is 28.9. The molecule has 0 aromatic carbocycles. The normalized spacial score (nSPS) is 28.9. The van der Waals surface area contributed by atoms with E-state index in [1.807, 2.05) is 0 Å². The van der Waals surface area contributed by atoms with E-state index in [4.69, 9.17) is 14.2 Å². The molecule has 53 heavy (non-hydrogen) atoms. The van der Waals surface area contributed by atoms with Crippen LogP contribution < -0.4 is 10.6 Å². The highest BCUT2D eigenvalue weighted by atomic mass is 16.8. The lowest BCUT2D eigenvalue weighted by Crippen LogP contribution is -2.64. The molecule has 0 aromatic heterocycles. The van der Waals surface area contributed by atoms with Gasteiger partial charge in [-0.25, -0.2) is 0 Å². The van der Waals surface area contributed by atoms with Gasteiger partial charge in [-0.2, -0.15) is 0 Å². The molecular formula is C40H76N2O11. The smallest absolute Gasteiger partial charge is 0.220 e. The van der Waals surface area contributed by atoms with Crippen LogP contribution in [0.4, 0.5) is 0 Å². The van der Waals surface area contributed by atoms with Crippen molar-refractivity contribution in [2.75, 3.05) is 13.1 Å². The van der Waals surface area contributed by atoms with Crippen molar-refractivity contribution in [2.45, 2.75) is 229 Å². The van der Waals surface area contributed by atoms with Crippen LogP contribution in [0.2, 0.25) is 0 Å². The van der Waals surface area contributed by atoms with Gasteiger partial charge in [0.1, 0.15) is 48.8 Å². The summed E-state index contributed by atoms with van der Waals surface area (Å²) >= 11 is 0. The average Bonchev–Trinajstić information content (AvgIpc) is 3.15. The van der Waals surface area contributed by atoms with Crippen molar-refractivity contribution in [3.8, 4) is 0 Å². The zero-order valence-electron chi connectivity index (χ0n) is 32.9. The Labute approximate surface area is 318 Å². The Kier molecular flexibility index (Phi) is 26.0. The van der Waals surface area contributed by atoms with E-state index in [9.17, 15) is 40.2 Å². The third-order valence-electron chi connectivity index (χ3n) is 10.6. The summed E-state index contributed by atoms with van der Waals surface area (Å²) in [5.74, 6) is -0.460. The molecule has 2 saturated heterocycles. The molecule has 0 unspecified atom stereocenters. The van der Waals surface area contributed by atoms with Crippen LogP contribution in [0.5, 0.6) is 0 Å². The maximum Gasteiger partial charge on any atom is 0.220 e. The molecule has 2 rings (SSSR count). The van der Waals surface area contributed by atoms with E-state index in [-0.39, 0.29) is 24.9 Å². The first-order chi connectivity index (χ1) is 25.6. The number of hydrogen-bond acceptors (Lipinski definition) is 11. The summed E-state index contributed by atoms with van der Waals surface area (Å²) in [6.45, 7) is 4.11. The zero-order chi connectivity index (χ0) is 38.8. The van der Waals surface area contributed by atoms with E-state index in [1.54, 1.807) is 0 Å². The maximum atomic E-state index is 12.5. The van der Waals surface area contributed by atoms with Crippen LogP contribution in [0.15, 0.2) is 0 Å². The summed E-state index contributed by atoms with van der Waals surface area (Å²) in [5, 5.41) is 68.7. The molecule has 0 saturated carbocycles. The summed E-state index contributed by atoms with van der Waals surface area (Å²) < 4.78 is 17.0. The second-order valence-electron chi connectivity index (χ2n) is 15.3. The molecule has 312 valence electrons. The topological polar surface area (TPSA) is 207 Å². The lowest BCUT2D eigenvalue weighted by Gasteiger charge is -2.45. The van der Waals surface area contributed by atoms with Gasteiger partial charge in [0.25, 0.3) is 0 Å². The molecule has 2 amide bonds. The molecule has 0 bridgehead atoms. The van der Waals surface area contributed by atoms with Crippen molar-refractivity contribution in [3.63, 3.8) is 0 Å². The molecular weight excluding hydrogens is 684 g/mol. The van der Waals surface area contributed by atoms with Crippen LogP contribution in [-0.2, 0) is 23.8 Å². The van der Waals surface area contributed by atoms with E-state index < -0.39 is 61.4 Å². The van der Waals surface area contributed by atoms with Gasteiger partial charge in [0.05, 0.1) is 0 Å². The average molecular weight is 761 g/mol. The number of aliphatic hydroxyl groups excluding tert-OH is 6. The van der Waals surface area contributed by atoms with Gasteiger partial charge in [-0.15, -0.1) is 0 Å². The van der Waals surface area contributed by atoms with Crippen LogP contribution in [0, 0.1) is 0 Å². The van der Waals surface area contributed by atoms with Crippen LogP contribution in [0.1, 0.15) is 168 Å². The lowest BCUT2D eigenvalue weighted by atomic mass is 9.97. The zero-order valence-corrected chi connectivity index (χ0v) is 32.9. The Bertz CT molecular complexity index is 874. The fourth-order valence-corrected chi connectivity index (χ4v) is 7.03. The SMILES string of the molecule is CCCCCCCCCCCCCC(=O)NC[C@H]1O[C@H](O[C@H]2O[C@H](CNC(=O)CCCCCCCCCCCCC)[C@@H](O)[C@H](O)[C@H]2O)[C@H](O)[C@@H](O)[C@@H]1O. The monoisotopic (exact) mass is 761 g/mol. The van der Waals surface area contributed by atoms with Crippen molar-refractivity contribution in [1.29, 1.82) is 0 Å². The molecule has 13 heteroatoms. The predicted octanol–water partition coefficient (Wildman–Crippen LogP) is 4.25. The van der Waals surface area contributed by atoms with E-state index >= 15 is 0 Å². The first-order valence-electron chi connectivity index (χ1n) is 21.2. The number of rotatable bonds is 30. The minimum atomic E-state index is -1.75. The molecule has 2 heterocycles. The fourth-order valence-electron chi connectivity index (χ4n) is 7.03. The number of carbonyl (C=O) groups is 2. The van der Waals surface area contributed by atoms with Gasteiger partial charge in [0.15, 0.2) is 12.6 Å². The summed E-state index contributed by atoms with van der Waals surface area (Å²) in [5.41, 5.74) is 0. The van der Waals surface area contributed by atoms with Crippen molar-refractivity contribution in [1.82, 2.24) is 10.6 Å². The van der Waals surface area contributed by atoms with Crippen LogP contribution in [-0.4, -0.2) is 117 Å². The van der Waals surface area contributed by atoms with E-state index in [0.29, 0.717) is 12.8 Å². The van der Waals surface area contributed by atoms with Crippen molar-refractivity contribution < 1.29 is 54.4 Å². The van der Waals surface area contributed by atoms with Gasteiger partial charge in [-0.3, -0.25) is 9.59 Å². The van der Waals surface area contributed by atoms with Gasteiger partial charge in [-0.05, 0) is 12.8 Å². The highest BCUT2D eigenvalue weighted by Gasteiger charge is 2.49. The highest BCUT2D eigenvalue weighted by molar-refractivity contribution is 5.76. The lowest BCUT2D eigenvalue weighted by molar-refractivity contribution is -0.372. The molecule has 0 spiro atoms. The third kappa shape index (κ3) is 19.3. The molecule has 13 nitrogen and oxygen atoms in total. The minimum Gasteiger partial charge on any atom is -0.388 e. The van der Waals surface area contributed by atoms with Gasteiger partial charge >= 0.3 is 0 Å². The largest absolute Gasteiger partial charge is 0.388 e. The molecule has 10 atom stereocenters. The number of amides is 2. The molecule has 0 radical (unpaired) electrons. The first kappa shape index (κ1) is 47.7. The molecule has 2 fully saturated rings. The number of nitrogens with one attached hydrogen (secondary N) is 2. The number of ether oxygens (including phenoxy) is 3. The van der Waals surface area contributed by atoms with Crippen LogP contribution >= 0.6 is 0 Å². The summed E-state index contributed by atoms with van der Waals surface area (Å²) in [6, 6.07) is 0. The van der Waals surface area contributed by atoms with E-state index in [0.717, 1.165) is 51.4 Å². The predicted molar refractivity (Wildman–Crippen MR) is 203 cm³/mol. The quantitative estimate of drug-likeness (QED) is 0.0486. The standard InChI is InChI=1S/C40H76N2O11/c1-3-5-7-9-11-13-15-17-19-21-23-25-31(43)41-27-29-33(45)35(47)37(49)39(51-29)53-40-38(50)36(48)34(46)30(52-40)28-42-32(44)26-24-22-20-18-16-14-12-10-8-6-4-2/h29-30,33-40,45-50H,3-28H2,1-2H3,(H,41,43)(H,42,44)/t29-,30-,33-,34-,35+,36+,37-,38-,39-,40-/m1/s1. The van der Waals surface area contributed by atoms with Gasteiger partial charge in [-0.1, -0.05) is 142 Å². The maximum absolute atomic E-state index is 12.5. The molecule has 0 aromatic rings. The third-order valence-corrected chi connectivity index (χ3v) is 10.6. The summed E-state index contributed by atoms with van der Waals surface area (Å²) in [6.07, 6.45) is 10.8. The Morgan fingerprint density at radius 2 is 0.717 bits per heavy atom. The second-order valence-corrected chi connectivity index (χ2v) is 15.3. The van der Waals surface area contributed by atoms with Gasteiger partial charge < -0.3 is 55.5 Å². The Hall–Kier alpha value is -1.42. The molecule has 2 aliphatic rings. The Morgan fingerprint density at radius 1 is 0.434 bits per heavy atom. The fraction of sp³-hybridized carbons (Fsp3) is 0.950. The van der Waals surface area contributed by atoms with Gasteiger partial charge in [0, 0.05) is 25.9 Å². The van der Waals surface area contributed by atoms with Crippen LogP contribution in [0.25, 0.3) is 0 Å². The minimum absolute atomic E-state index is 0.162. The number of unbranched alkanes of at least 4 members (excludes halogenated alkanes) is 20. The number of hydrogen-bond donors (Lipinski definition) is 8. The van der Waals surface area contributed by atoms with E-state index in [1.165, 1.54) is 89.9 Å². The van der Waals surface area contributed by atoms with Gasteiger partial charge in [0.2, 0.25) is 11.8 Å². The van der Waals surface area contributed by atoms with Crippen LogP contribution in [0.3, 0.4) is 0 Å². The highest BCUT2D eigenvalue weighted by Crippen LogP contribution is 2.28. The first-order valence-corrected chi connectivity index (χ1v) is 21.2. The Balaban J connectivity index is 1.70. The van der Waals surface area contributed by atoms with Crippen molar-refractivity contribution in [2.24, 2.45) is 0 Å². The summed E-state index contributed by atoms with van der Waals surface area (Å²) in [7, 11) is 0. The molecule has 2 aliphatic heterocycles. The molecule has 8 N–H and O–H groups in total. The number of carbonyl (C=O) groups excluding carboxylic acids is 2. The van der Waals surface area contributed by atoms with Crippen molar-refractivity contribution >= 4 is 11.8 Å². The van der Waals surface area contributed by atoms with Crippen molar-refractivity contribution in [3.05, 3.63) is 0 Å². The summed E-state index contributed by atoms with van der Waals surface area (Å²) in [4.78, 5) is 25.0. The van der Waals surface area contributed by atoms with E-state index in [2.05, 4.69) is 24.5 Å².